The second-order valence-electron chi connectivity index (χ2n) is 6.20. The summed E-state index contributed by atoms with van der Waals surface area (Å²) in [5.74, 6) is 1.87. The number of nitrogens with zero attached hydrogens (tertiary/aromatic N) is 1. The molecule has 0 aromatic carbocycles. The van der Waals surface area contributed by atoms with E-state index >= 15 is 0 Å². The Hall–Kier alpha value is -1.58. The van der Waals surface area contributed by atoms with Crippen molar-refractivity contribution in [2.75, 3.05) is 11.9 Å². The van der Waals surface area contributed by atoms with Gasteiger partial charge in [-0.1, -0.05) is 26.7 Å². The van der Waals surface area contributed by atoms with Crippen LogP contribution >= 0.6 is 0 Å². The fraction of sp³-hybridized carbons (Fsp3) is 0.647. The van der Waals surface area contributed by atoms with Crippen molar-refractivity contribution in [2.45, 2.75) is 52.5 Å². The minimum Gasteiger partial charge on any atom is -0.370 e. The van der Waals surface area contributed by atoms with Crippen LogP contribution in [0.5, 0.6) is 0 Å². The summed E-state index contributed by atoms with van der Waals surface area (Å²) in [7, 11) is 0. The molecule has 1 aromatic heterocycles. The first-order valence-corrected chi connectivity index (χ1v) is 8.13. The zero-order valence-corrected chi connectivity index (χ0v) is 13.4. The number of hydrogen-bond acceptors (Lipinski definition) is 3. The van der Waals surface area contributed by atoms with Crippen molar-refractivity contribution < 1.29 is 4.79 Å². The molecule has 2 rings (SSSR count). The number of rotatable bonds is 5. The van der Waals surface area contributed by atoms with Gasteiger partial charge >= 0.3 is 0 Å². The van der Waals surface area contributed by atoms with Gasteiger partial charge in [0.25, 0.3) is 5.91 Å². The van der Waals surface area contributed by atoms with Gasteiger partial charge < -0.3 is 10.6 Å². The van der Waals surface area contributed by atoms with Gasteiger partial charge in [-0.05, 0) is 43.7 Å². The molecule has 0 bridgehead atoms. The molecule has 0 aliphatic heterocycles. The number of hydrogen-bond donors (Lipinski definition) is 2. The third-order valence-electron chi connectivity index (χ3n) is 4.39. The lowest BCUT2D eigenvalue weighted by Gasteiger charge is -2.35. The predicted molar refractivity (Wildman–Crippen MR) is 86.5 cm³/mol. The second-order valence-corrected chi connectivity index (χ2v) is 6.20. The van der Waals surface area contributed by atoms with Gasteiger partial charge in [-0.15, -0.1) is 0 Å². The van der Waals surface area contributed by atoms with Gasteiger partial charge in [0.05, 0.1) is 5.56 Å². The van der Waals surface area contributed by atoms with E-state index in [4.69, 9.17) is 0 Å². The van der Waals surface area contributed by atoms with Gasteiger partial charge in [-0.2, -0.15) is 0 Å². The van der Waals surface area contributed by atoms with E-state index in [2.05, 4.69) is 29.5 Å². The zero-order chi connectivity index (χ0) is 15.2. The molecule has 0 spiro atoms. The number of anilines is 1. The molecule has 21 heavy (non-hydrogen) atoms. The van der Waals surface area contributed by atoms with Crippen LogP contribution in [0.25, 0.3) is 0 Å². The predicted octanol–water partition coefficient (Wildman–Crippen LogP) is 3.46. The van der Waals surface area contributed by atoms with Crippen LogP contribution < -0.4 is 10.6 Å². The molecule has 1 amide bonds. The van der Waals surface area contributed by atoms with Gasteiger partial charge in [0.2, 0.25) is 0 Å². The summed E-state index contributed by atoms with van der Waals surface area (Å²) in [6.07, 6.45) is 6.51. The first-order valence-electron chi connectivity index (χ1n) is 8.13. The van der Waals surface area contributed by atoms with E-state index in [9.17, 15) is 4.79 Å². The minimum absolute atomic E-state index is 0.00315. The van der Waals surface area contributed by atoms with Crippen LogP contribution in [0.4, 0.5) is 5.82 Å². The molecule has 2 atom stereocenters. The van der Waals surface area contributed by atoms with E-state index in [1.54, 1.807) is 6.20 Å². The summed E-state index contributed by atoms with van der Waals surface area (Å²) >= 11 is 0. The molecule has 4 nitrogen and oxygen atoms in total. The maximum Gasteiger partial charge on any atom is 0.255 e. The molecule has 0 saturated heterocycles. The first-order chi connectivity index (χ1) is 10.1. The largest absolute Gasteiger partial charge is 0.370 e. The SMILES string of the molecule is CCNc1ncccc1C(=O)NC1CCCCC1C(C)C. The lowest BCUT2D eigenvalue weighted by atomic mass is 9.78. The van der Waals surface area contributed by atoms with Crippen LogP contribution in [0, 0.1) is 11.8 Å². The summed E-state index contributed by atoms with van der Waals surface area (Å²) < 4.78 is 0. The van der Waals surface area contributed by atoms with E-state index in [0.717, 1.165) is 13.0 Å². The van der Waals surface area contributed by atoms with E-state index in [1.807, 2.05) is 19.1 Å². The van der Waals surface area contributed by atoms with Gasteiger partial charge in [-0.3, -0.25) is 4.79 Å². The van der Waals surface area contributed by atoms with Crippen LogP contribution in [0.2, 0.25) is 0 Å². The molecule has 1 aliphatic carbocycles. The number of pyridine rings is 1. The highest BCUT2D eigenvalue weighted by Gasteiger charge is 2.29. The summed E-state index contributed by atoms with van der Waals surface area (Å²) in [6.45, 7) is 7.27. The van der Waals surface area contributed by atoms with E-state index in [0.29, 0.717) is 29.3 Å². The highest BCUT2D eigenvalue weighted by molar-refractivity contribution is 5.98. The number of nitrogens with one attached hydrogen (secondary N) is 2. The molecule has 1 aliphatic rings. The second kappa shape index (κ2) is 7.43. The first kappa shape index (κ1) is 15.8. The number of carbonyl (C=O) groups is 1. The zero-order valence-electron chi connectivity index (χ0n) is 13.4. The Morgan fingerprint density at radius 3 is 2.86 bits per heavy atom. The topological polar surface area (TPSA) is 54.0 Å². The van der Waals surface area contributed by atoms with Crippen LogP contribution in [-0.2, 0) is 0 Å². The Balaban J connectivity index is 2.09. The highest BCUT2D eigenvalue weighted by atomic mass is 16.1. The van der Waals surface area contributed by atoms with Gasteiger partial charge in [0.15, 0.2) is 0 Å². The monoisotopic (exact) mass is 289 g/mol. The van der Waals surface area contributed by atoms with Crippen LogP contribution in [0.1, 0.15) is 56.8 Å². The molecule has 1 heterocycles. The molecule has 1 fully saturated rings. The van der Waals surface area contributed by atoms with Crippen LogP contribution in [0.15, 0.2) is 18.3 Å². The third kappa shape index (κ3) is 3.96. The summed E-state index contributed by atoms with van der Waals surface area (Å²) in [5.41, 5.74) is 0.646. The molecular formula is C17H27N3O. The smallest absolute Gasteiger partial charge is 0.255 e. The van der Waals surface area contributed by atoms with Crippen molar-refractivity contribution in [1.82, 2.24) is 10.3 Å². The lowest BCUT2D eigenvalue weighted by molar-refractivity contribution is 0.0889. The summed E-state index contributed by atoms with van der Waals surface area (Å²) in [5, 5.41) is 6.40. The summed E-state index contributed by atoms with van der Waals surface area (Å²) in [6, 6.07) is 3.95. The van der Waals surface area contributed by atoms with E-state index in [1.165, 1.54) is 19.3 Å². The van der Waals surface area contributed by atoms with Crippen LogP contribution in [0.3, 0.4) is 0 Å². The highest BCUT2D eigenvalue weighted by Crippen LogP contribution is 2.30. The molecular weight excluding hydrogens is 262 g/mol. The molecule has 4 heteroatoms. The fourth-order valence-corrected chi connectivity index (χ4v) is 3.28. The van der Waals surface area contributed by atoms with Crippen molar-refractivity contribution in [2.24, 2.45) is 11.8 Å². The van der Waals surface area contributed by atoms with E-state index in [-0.39, 0.29) is 5.91 Å². The Kier molecular flexibility index (Phi) is 5.59. The maximum absolute atomic E-state index is 12.6. The summed E-state index contributed by atoms with van der Waals surface area (Å²) in [4.78, 5) is 16.9. The quantitative estimate of drug-likeness (QED) is 0.873. The standard InChI is InChI=1S/C17H27N3O/c1-4-18-16-14(9-7-11-19-16)17(21)20-15-10-6-5-8-13(15)12(2)3/h7,9,11-13,15H,4-6,8,10H2,1-3H3,(H,18,19)(H,20,21). The van der Waals surface area contributed by atoms with Gasteiger partial charge in [0.1, 0.15) is 5.82 Å². The van der Waals surface area contributed by atoms with Crippen molar-refractivity contribution in [3.63, 3.8) is 0 Å². The van der Waals surface area contributed by atoms with Gasteiger partial charge in [0, 0.05) is 18.8 Å². The Morgan fingerprint density at radius 1 is 1.38 bits per heavy atom. The molecule has 1 aromatic rings. The van der Waals surface area contributed by atoms with Crippen molar-refractivity contribution in [3.05, 3.63) is 23.9 Å². The number of amides is 1. The molecule has 1 saturated carbocycles. The van der Waals surface area contributed by atoms with Gasteiger partial charge in [-0.25, -0.2) is 4.98 Å². The maximum atomic E-state index is 12.6. The number of carbonyl (C=O) groups excluding carboxylic acids is 1. The fourth-order valence-electron chi connectivity index (χ4n) is 3.28. The lowest BCUT2D eigenvalue weighted by Crippen LogP contribution is -2.44. The number of aromatic nitrogens is 1. The Morgan fingerprint density at radius 2 is 2.14 bits per heavy atom. The van der Waals surface area contributed by atoms with Crippen molar-refractivity contribution in [1.29, 1.82) is 0 Å². The molecule has 2 N–H and O–H groups in total. The molecule has 0 radical (unpaired) electrons. The Bertz CT molecular complexity index is 473. The normalized spacial score (nSPS) is 22.1. The van der Waals surface area contributed by atoms with Crippen LogP contribution in [-0.4, -0.2) is 23.5 Å². The van der Waals surface area contributed by atoms with Crippen molar-refractivity contribution >= 4 is 11.7 Å². The Labute approximate surface area is 127 Å². The molecule has 2 unspecified atom stereocenters. The third-order valence-corrected chi connectivity index (χ3v) is 4.39. The van der Waals surface area contributed by atoms with Crippen molar-refractivity contribution in [3.8, 4) is 0 Å². The molecule has 116 valence electrons. The van der Waals surface area contributed by atoms with E-state index < -0.39 is 0 Å². The minimum atomic E-state index is -0.00315. The average Bonchev–Trinajstić information content (AvgIpc) is 2.48. The average molecular weight is 289 g/mol.